The summed E-state index contributed by atoms with van der Waals surface area (Å²) in [6, 6.07) is 7.43. The Morgan fingerprint density at radius 2 is 2.11 bits per heavy atom. The van der Waals surface area contributed by atoms with Gasteiger partial charge in [-0.25, -0.2) is 0 Å². The second-order valence-electron chi connectivity index (χ2n) is 4.34. The van der Waals surface area contributed by atoms with Crippen molar-refractivity contribution in [3.63, 3.8) is 0 Å². The molecule has 0 spiro atoms. The summed E-state index contributed by atoms with van der Waals surface area (Å²) >= 11 is 6.05. The third-order valence-corrected chi connectivity index (χ3v) is 3.15. The zero-order chi connectivity index (χ0) is 13.4. The van der Waals surface area contributed by atoms with Crippen molar-refractivity contribution in [2.24, 2.45) is 0 Å². The molecular formula is C14H21ClN2O. The van der Waals surface area contributed by atoms with Gasteiger partial charge >= 0.3 is 0 Å². The average Bonchev–Trinajstić information content (AvgIpc) is 2.37. The van der Waals surface area contributed by atoms with E-state index in [0.717, 1.165) is 30.0 Å². The average molecular weight is 269 g/mol. The van der Waals surface area contributed by atoms with Crippen LogP contribution in [0.15, 0.2) is 24.3 Å². The molecule has 4 heteroatoms. The summed E-state index contributed by atoms with van der Waals surface area (Å²) in [5, 5.41) is 6.80. The second kappa shape index (κ2) is 8.11. The summed E-state index contributed by atoms with van der Waals surface area (Å²) in [6.45, 7) is 5.30. The van der Waals surface area contributed by atoms with E-state index >= 15 is 0 Å². The molecule has 100 valence electrons. The molecule has 3 nitrogen and oxygen atoms in total. The molecule has 0 saturated carbocycles. The smallest absolute Gasteiger partial charge is 0.236 e. The minimum Gasteiger partial charge on any atom is -0.355 e. The Hall–Kier alpha value is -1.06. The van der Waals surface area contributed by atoms with Crippen LogP contribution >= 0.6 is 11.6 Å². The summed E-state index contributed by atoms with van der Waals surface area (Å²) in [6.07, 6.45) is 2.10. The third-order valence-electron chi connectivity index (χ3n) is 2.78. The minimum absolute atomic E-state index is 0.0375. The van der Waals surface area contributed by atoms with Crippen molar-refractivity contribution in [2.75, 3.05) is 6.54 Å². The van der Waals surface area contributed by atoms with E-state index in [-0.39, 0.29) is 11.9 Å². The third kappa shape index (κ3) is 5.07. The van der Waals surface area contributed by atoms with E-state index in [1.807, 2.05) is 31.2 Å². The number of hydrogen-bond acceptors (Lipinski definition) is 2. The van der Waals surface area contributed by atoms with Gasteiger partial charge < -0.3 is 10.6 Å². The maximum Gasteiger partial charge on any atom is 0.236 e. The van der Waals surface area contributed by atoms with Crippen LogP contribution in [0.1, 0.15) is 32.3 Å². The van der Waals surface area contributed by atoms with Gasteiger partial charge in [0.25, 0.3) is 0 Å². The molecule has 1 atom stereocenters. The molecule has 1 aromatic carbocycles. The van der Waals surface area contributed by atoms with Crippen LogP contribution in [-0.4, -0.2) is 18.5 Å². The zero-order valence-electron chi connectivity index (χ0n) is 11.0. The molecule has 0 aromatic heterocycles. The first-order chi connectivity index (χ1) is 8.65. The van der Waals surface area contributed by atoms with Crippen molar-refractivity contribution < 1.29 is 4.79 Å². The van der Waals surface area contributed by atoms with E-state index in [9.17, 15) is 4.79 Å². The SMILES string of the molecule is CCCCNC(=O)C(C)NCc1ccccc1Cl. The lowest BCUT2D eigenvalue weighted by Crippen LogP contribution is -2.42. The van der Waals surface area contributed by atoms with Gasteiger partial charge in [-0.05, 0) is 25.0 Å². The molecule has 0 aliphatic heterocycles. The molecular weight excluding hydrogens is 248 g/mol. The van der Waals surface area contributed by atoms with E-state index in [1.165, 1.54) is 0 Å². The summed E-state index contributed by atoms with van der Waals surface area (Å²) < 4.78 is 0. The molecule has 0 heterocycles. The van der Waals surface area contributed by atoms with Crippen molar-refractivity contribution in [3.05, 3.63) is 34.9 Å². The highest BCUT2D eigenvalue weighted by Gasteiger charge is 2.11. The van der Waals surface area contributed by atoms with E-state index in [0.29, 0.717) is 6.54 Å². The van der Waals surface area contributed by atoms with Gasteiger partial charge in [0, 0.05) is 18.1 Å². The number of carbonyl (C=O) groups is 1. The van der Waals surface area contributed by atoms with Crippen LogP contribution in [0.4, 0.5) is 0 Å². The normalized spacial score (nSPS) is 12.2. The van der Waals surface area contributed by atoms with Crippen LogP contribution in [0.3, 0.4) is 0 Å². The second-order valence-corrected chi connectivity index (χ2v) is 4.75. The molecule has 1 aromatic rings. The van der Waals surface area contributed by atoms with Crippen molar-refractivity contribution in [2.45, 2.75) is 39.3 Å². The number of hydrogen-bond donors (Lipinski definition) is 2. The van der Waals surface area contributed by atoms with Crippen LogP contribution < -0.4 is 10.6 Å². The quantitative estimate of drug-likeness (QED) is 0.747. The molecule has 0 saturated heterocycles. The minimum atomic E-state index is -0.210. The summed E-state index contributed by atoms with van der Waals surface area (Å²) in [7, 11) is 0. The van der Waals surface area contributed by atoms with Gasteiger partial charge in [-0.1, -0.05) is 43.1 Å². The van der Waals surface area contributed by atoms with Gasteiger partial charge in [-0.15, -0.1) is 0 Å². The molecule has 18 heavy (non-hydrogen) atoms. The van der Waals surface area contributed by atoms with Gasteiger partial charge in [0.05, 0.1) is 6.04 Å². The van der Waals surface area contributed by atoms with Gasteiger partial charge in [0.1, 0.15) is 0 Å². The highest BCUT2D eigenvalue weighted by atomic mass is 35.5. The molecule has 0 radical (unpaired) electrons. The number of rotatable bonds is 7. The summed E-state index contributed by atoms with van der Waals surface area (Å²) in [4.78, 5) is 11.7. The Bertz CT molecular complexity index is 382. The van der Waals surface area contributed by atoms with Crippen LogP contribution in [0, 0.1) is 0 Å². The number of halogens is 1. The first-order valence-electron chi connectivity index (χ1n) is 6.39. The number of nitrogens with one attached hydrogen (secondary N) is 2. The van der Waals surface area contributed by atoms with E-state index in [4.69, 9.17) is 11.6 Å². The molecule has 0 bridgehead atoms. The van der Waals surface area contributed by atoms with Crippen LogP contribution in [0.25, 0.3) is 0 Å². The Morgan fingerprint density at radius 3 is 2.78 bits per heavy atom. The standard InChI is InChI=1S/C14H21ClN2O/c1-3-4-9-16-14(18)11(2)17-10-12-7-5-6-8-13(12)15/h5-8,11,17H,3-4,9-10H2,1-2H3,(H,16,18). The van der Waals surface area contributed by atoms with Gasteiger partial charge in [-0.2, -0.15) is 0 Å². The topological polar surface area (TPSA) is 41.1 Å². The monoisotopic (exact) mass is 268 g/mol. The summed E-state index contributed by atoms with van der Waals surface area (Å²) in [5.41, 5.74) is 1.01. The largest absolute Gasteiger partial charge is 0.355 e. The maximum absolute atomic E-state index is 11.7. The van der Waals surface area contributed by atoms with E-state index in [2.05, 4.69) is 17.6 Å². The van der Waals surface area contributed by atoms with Gasteiger partial charge in [0.2, 0.25) is 5.91 Å². The fraction of sp³-hybridized carbons (Fsp3) is 0.500. The maximum atomic E-state index is 11.7. The van der Waals surface area contributed by atoms with Crippen molar-refractivity contribution in [1.82, 2.24) is 10.6 Å². The molecule has 1 rings (SSSR count). The number of amides is 1. The van der Waals surface area contributed by atoms with Crippen molar-refractivity contribution >= 4 is 17.5 Å². The van der Waals surface area contributed by atoms with Crippen LogP contribution in [0.2, 0.25) is 5.02 Å². The summed E-state index contributed by atoms with van der Waals surface area (Å²) in [5.74, 6) is 0.0375. The van der Waals surface area contributed by atoms with Crippen LogP contribution in [-0.2, 0) is 11.3 Å². The Balaban J connectivity index is 2.34. The molecule has 0 fully saturated rings. The molecule has 1 unspecified atom stereocenters. The first kappa shape index (κ1) is 15.0. The Kier molecular flexibility index (Phi) is 6.76. The number of benzene rings is 1. The lowest BCUT2D eigenvalue weighted by atomic mass is 10.2. The fourth-order valence-electron chi connectivity index (χ4n) is 1.54. The number of carbonyl (C=O) groups excluding carboxylic acids is 1. The fourth-order valence-corrected chi connectivity index (χ4v) is 1.74. The lowest BCUT2D eigenvalue weighted by molar-refractivity contribution is -0.122. The van der Waals surface area contributed by atoms with Gasteiger partial charge in [0.15, 0.2) is 0 Å². The zero-order valence-corrected chi connectivity index (χ0v) is 11.8. The highest BCUT2D eigenvalue weighted by molar-refractivity contribution is 6.31. The molecule has 0 aliphatic carbocycles. The predicted octanol–water partition coefficient (Wildman–Crippen LogP) is 2.73. The lowest BCUT2D eigenvalue weighted by Gasteiger charge is -2.14. The molecule has 1 amide bonds. The van der Waals surface area contributed by atoms with E-state index in [1.54, 1.807) is 0 Å². The molecule has 2 N–H and O–H groups in total. The van der Waals surface area contributed by atoms with Gasteiger partial charge in [-0.3, -0.25) is 4.79 Å². The Morgan fingerprint density at radius 1 is 1.39 bits per heavy atom. The first-order valence-corrected chi connectivity index (χ1v) is 6.77. The highest BCUT2D eigenvalue weighted by Crippen LogP contribution is 2.14. The van der Waals surface area contributed by atoms with Crippen molar-refractivity contribution in [1.29, 1.82) is 0 Å². The predicted molar refractivity (Wildman–Crippen MR) is 75.7 cm³/mol. The van der Waals surface area contributed by atoms with Crippen molar-refractivity contribution in [3.8, 4) is 0 Å². The molecule has 0 aliphatic rings. The van der Waals surface area contributed by atoms with E-state index < -0.39 is 0 Å². The van der Waals surface area contributed by atoms with Crippen LogP contribution in [0.5, 0.6) is 0 Å². The number of unbranched alkanes of at least 4 members (excludes halogenated alkanes) is 1. The Labute approximate surface area is 114 Å².